The Morgan fingerprint density at radius 2 is 2.28 bits per heavy atom. The average Bonchev–Trinajstić information content (AvgIpc) is 2.68. The molecule has 0 spiro atoms. The van der Waals surface area contributed by atoms with Gasteiger partial charge >= 0.3 is 0 Å². The predicted molar refractivity (Wildman–Crippen MR) is 70.0 cm³/mol. The van der Waals surface area contributed by atoms with E-state index in [4.69, 9.17) is 0 Å². The molecule has 100 valence electrons. The number of nitrogens with zero attached hydrogens (tertiary/aromatic N) is 1. The van der Waals surface area contributed by atoms with Crippen LogP contribution in [0.2, 0.25) is 0 Å². The van der Waals surface area contributed by atoms with E-state index in [1.54, 1.807) is 6.07 Å². The summed E-state index contributed by atoms with van der Waals surface area (Å²) in [5, 5.41) is 13.1. The number of benzene rings is 1. The molecule has 0 aromatic heterocycles. The van der Waals surface area contributed by atoms with Gasteiger partial charge in [-0.1, -0.05) is 6.07 Å². The summed E-state index contributed by atoms with van der Waals surface area (Å²) in [4.78, 5) is 1.95. The normalized spacial score (nSPS) is 20.2. The number of aliphatic hydroxyl groups excluding tert-OH is 1. The number of fused-ring (bicyclic) bond motifs is 1. The molecule has 0 bridgehead atoms. The Labute approximate surface area is 108 Å². The number of aryl methyl sites for hydroxylation is 1. The van der Waals surface area contributed by atoms with Crippen LogP contribution in [-0.4, -0.2) is 43.3 Å². The van der Waals surface area contributed by atoms with Gasteiger partial charge in [0.2, 0.25) is 0 Å². The van der Waals surface area contributed by atoms with Crippen molar-refractivity contribution in [2.45, 2.75) is 25.0 Å². The summed E-state index contributed by atoms with van der Waals surface area (Å²) in [6, 6.07) is 5.16. The van der Waals surface area contributed by atoms with Gasteiger partial charge in [0, 0.05) is 19.1 Å². The van der Waals surface area contributed by atoms with Crippen LogP contribution in [0.3, 0.4) is 0 Å². The van der Waals surface area contributed by atoms with Crippen LogP contribution in [0.4, 0.5) is 4.39 Å². The van der Waals surface area contributed by atoms with E-state index in [0.29, 0.717) is 13.1 Å². The zero-order chi connectivity index (χ0) is 13.1. The fourth-order valence-electron chi connectivity index (χ4n) is 2.55. The third-order valence-electron chi connectivity index (χ3n) is 3.36. The minimum Gasteiger partial charge on any atom is -0.390 e. The second kappa shape index (κ2) is 5.78. The maximum atomic E-state index is 13.2. The molecule has 0 radical (unpaired) electrons. The quantitative estimate of drug-likeness (QED) is 0.830. The molecular formula is C14H21FN2O. The van der Waals surface area contributed by atoms with Crippen LogP contribution in [0.5, 0.6) is 0 Å². The molecule has 1 aromatic rings. The molecule has 0 fully saturated rings. The van der Waals surface area contributed by atoms with Crippen LogP contribution in [-0.2, 0) is 6.42 Å². The summed E-state index contributed by atoms with van der Waals surface area (Å²) in [6.45, 7) is 1.18. The third kappa shape index (κ3) is 3.28. The number of nitrogens with one attached hydrogen (secondary N) is 1. The minimum absolute atomic E-state index is 0.174. The van der Waals surface area contributed by atoms with Crippen molar-refractivity contribution < 1.29 is 9.50 Å². The molecule has 2 N–H and O–H groups in total. The molecule has 0 saturated heterocycles. The van der Waals surface area contributed by atoms with Gasteiger partial charge in [0.15, 0.2) is 0 Å². The van der Waals surface area contributed by atoms with E-state index in [1.165, 1.54) is 11.6 Å². The zero-order valence-electron chi connectivity index (χ0n) is 11.0. The Balaban J connectivity index is 1.91. The highest BCUT2D eigenvalue weighted by Gasteiger charge is 2.23. The molecule has 0 heterocycles. The van der Waals surface area contributed by atoms with Crippen molar-refractivity contribution in [1.82, 2.24) is 10.2 Å². The summed E-state index contributed by atoms with van der Waals surface area (Å²) in [5.74, 6) is -0.184. The molecule has 0 aliphatic heterocycles. The predicted octanol–water partition coefficient (Wildman–Crippen LogP) is 1.33. The summed E-state index contributed by atoms with van der Waals surface area (Å²) in [7, 11) is 3.87. The van der Waals surface area contributed by atoms with E-state index in [-0.39, 0.29) is 11.9 Å². The Morgan fingerprint density at radius 1 is 1.50 bits per heavy atom. The van der Waals surface area contributed by atoms with Gasteiger partial charge in [-0.25, -0.2) is 4.39 Å². The average molecular weight is 252 g/mol. The van der Waals surface area contributed by atoms with Crippen molar-refractivity contribution in [1.29, 1.82) is 0 Å². The second-order valence-electron chi connectivity index (χ2n) is 5.26. The Bertz CT molecular complexity index is 409. The molecule has 3 nitrogen and oxygen atoms in total. The van der Waals surface area contributed by atoms with Crippen LogP contribution >= 0.6 is 0 Å². The fourth-order valence-corrected chi connectivity index (χ4v) is 2.55. The molecule has 1 aliphatic carbocycles. The maximum absolute atomic E-state index is 13.2. The van der Waals surface area contributed by atoms with Crippen LogP contribution in [0, 0.1) is 5.82 Å². The number of hydrogen-bond acceptors (Lipinski definition) is 3. The van der Waals surface area contributed by atoms with Gasteiger partial charge in [0.05, 0.1) is 6.10 Å². The van der Waals surface area contributed by atoms with Crippen molar-refractivity contribution in [2.75, 3.05) is 27.2 Å². The lowest BCUT2D eigenvalue weighted by atomic mass is 10.1. The highest BCUT2D eigenvalue weighted by molar-refractivity contribution is 5.34. The third-order valence-corrected chi connectivity index (χ3v) is 3.36. The highest BCUT2D eigenvalue weighted by Crippen LogP contribution is 2.31. The van der Waals surface area contributed by atoms with Crippen molar-refractivity contribution in [3.8, 4) is 0 Å². The molecule has 1 aromatic carbocycles. The van der Waals surface area contributed by atoms with Crippen molar-refractivity contribution >= 4 is 0 Å². The highest BCUT2D eigenvalue weighted by atomic mass is 19.1. The summed E-state index contributed by atoms with van der Waals surface area (Å²) >= 11 is 0. The van der Waals surface area contributed by atoms with E-state index >= 15 is 0 Å². The molecule has 2 atom stereocenters. The molecule has 1 aliphatic rings. The molecule has 2 unspecified atom stereocenters. The van der Waals surface area contributed by atoms with Gasteiger partial charge in [-0.15, -0.1) is 0 Å². The molecule has 0 amide bonds. The van der Waals surface area contributed by atoms with Crippen molar-refractivity contribution in [3.05, 3.63) is 35.1 Å². The number of aliphatic hydroxyl groups is 1. The molecule has 0 saturated carbocycles. The lowest BCUT2D eigenvalue weighted by Gasteiger charge is -2.20. The fraction of sp³-hybridized carbons (Fsp3) is 0.571. The van der Waals surface area contributed by atoms with Gasteiger partial charge in [0.1, 0.15) is 5.82 Å². The monoisotopic (exact) mass is 252 g/mol. The maximum Gasteiger partial charge on any atom is 0.123 e. The Kier molecular flexibility index (Phi) is 4.32. The largest absolute Gasteiger partial charge is 0.390 e. The summed E-state index contributed by atoms with van der Waals surface area (Å²) < 4.78 is 13.2. The topological polar surface area (TPSA) is 35.5 Å². The second-order valence-corrected chi connectivity index (χ2v) is 5.26. The van der Waals surface area contributed by atoms with Crippen LogP contribution < -0.4 is 5.32 Å². The first-order chi connectivity index (χ1) is 8.56. The lowest BCUT2D eigenvalue weighted by molar-refractivity contribution is 0.131. The summed E-state index contributed by atoms with van der Waals surface area (Å²) in [5.41, 5.74) is 2.27. The number of likely N-dealkylation sites (N-methyl/N-ethyl adjacent to an activating group) is 1. The number of rotatable bonds is 5. The molecule has 2 rings (SSSR count). The first-order valence-corrected chi connectivity index (χ1v) is 6.41. The smallest absolute Gasteiger partial charge is 0.123 e. The van der Waals surface area contributed by atoms with Gasteiger partial charge in [-0.3, -0.25) is 0 Å². The van der Waals surface area contributed by atoms with Gasteiger partial charge in [-0.2, -0.15) is 0 Å². The Hall–Kier alpha value is -0.970. The zero-order valence-corrected chi connectivity index (χ0v) is 11.0. The van der Waals surface area contributed by atoms with Crippen LogP contribution in [0.25, 0.3) is 0 Å². The number of halogens is 1. The van der Waals surface area contributed by atoms with Gasteiger partial charge < -0.3 is 15.3 Å². The SMILES string of the molecule is CN(C)CC(O)CNC1CCc2ccc(F)cc21. The van der Waals surface area contributed by atoms with E-state index in [1.807, 2.05) is 25.1 Å². The van der Waals surface area contributed by atoms with Crippen LogP contribution in [0.15, 0.2) is 18.2 Å². The van der Waals surface area contributed by atoms with E-state index in [9.17, 15) is 9.50 Å². The molecular weight excluding hydrogens is 231 g/mol. The lowest BCUT2D eigenvalue weighted by Crippen LogP contribution is -2.36. The van der Waals surface area contributed by atoms with E-state index in [2.05, 4.69) is 5.32 Å². The van der Waals surface area contributed by atoms with Crippen molar-refractivity contribution in [2.24, 2.45) is 0 Å². The van der Waals surface area contributed by atoms with Crippen molar-refractivity contribution in [3.63, 3.8) is 0 Å². The standard InChI is InChI=1S/C14H21FN2O/c1-17(2)9-12(18)8-16-14-6-4-10-3-5-11(15)7-13(10)14/h3,5,7,12,14,16,18H,4,6,8-9H2,1-2H3. The minimum atomic E-state index is -0.391. The first-order valence-electron chi connectivity index (χ1n) is 6.41. The van der Waals surface area contributed by atoms with Crippen LogP contribution in [0.1, 0.15) is 23.6 Å². The number of hydrogen-bond donors (Lipinski definition) is 2. The molecule has 18 heavy (non-hydrogen) atoms. The Morgan fingerprint density at radius 3 is 3.00 bits per heavy atom. The van der Waals surface area contributed by atoms with E-state index in [0.717, 1.165) is 18.4 Å². The van der Waals surface area contributed by atoms with E-state index < -0.39 is 6.10 Å². The first kappa shape index (κ1) is 13.5. The molecule has 4 heteroatoms. The van der Waals surface area contributed by atoms with Gasteiger partial charge in [-0.05, 0) is 50.2 Å². The van der Waals surface area contributed by atoms with Gasteiger partial charge in [0.25, 0.3) is 0 Å². The summed E-state index contributed by atoms with van der Waals surface area (Å²) in [6.07, 6.45) is 1.57.